The molecule has 0 heterocycles. The standard InChI is InChI=1S/C17H29N3O5S.HI/c1-6-18-17(19-8-9-26(21,22)7-2)20-12-13-10-14(23-3)16(25-5)15(11-13)24-4;/h10-11H,6-9,12H2,1-5H3,(H2,18,19,20);1H. The number of guanidine groups is 1. The number of ether oxygens (including phenoxy) is 3. The number of sulfone groups is 1. The van der Waals surface area contributed by atoms with Crippen LogP contribution >= 0.6 is 24.0 Å². The van der Waals surface area contributed by atoms with E-state index in [-0.39, 0.29) is 35.5 Å². The summed E-state index contributed by atoms with van der Waals surface area (Å²) in [5, 5.41) is 6.13. The smallest absolute Gasteiger partial charge is 0.203 e. The van der Waals surface area contributed by atoms with Crippen molar-refractivity contribution < 1.29 is 22.6 Å². The Labute approximate surface area is 179 Å². The summed E-state index contributed by atoms with van der Waals surface area (Å²) in [6.07, 6.45) is 0. The van der Waals surface area contributed by atoms with E-state index in [9.17, 15) is 8.42 Å². The first-order valence-corrected chi connectivity index (χ1v) is 10.2. The van der Waals surface area contributed by atoms with E-state index < -0.39 is 9.84 Å². The third-order valence-corrected chi connectivity index (χ3v) is 5.34. The topological polar surface area (TPSA) is 98.2 Å². The maximum absolute atomic E-state index is 11.6. The van der Waals surface area contributed by atoms with E-state index in [1.807, 2.05) is 19.1 Å². The summed E-state index contributed by atoms with van der Waals surface area (Å²) in [6, 6.07) is 3.66. The summed E-state index contributed by atoms with van der Waals surface area (Å²) in [6.45, 7) is 4.92. The van der Waals surface area contributed by atoms with Crippen molar-refractivity contribution in [2.75, 3.05) is 45.9 Å². The van der Waals surface area contributed by atoms with E-state index >= 15 is 0 Å². The fourth-order valence-corrected chi connectivity index (χ4v) is 2.91. The lowest BCUT2D eigenvalue weighted by Crippen LogP contribution is -2.39. The van der Waals surface area contributed by atoms with Crippen LogP contribution in [0, 0.1) is 0 Å². The zero-order valence-corrected chi connectivity index (χ0v) is 19.6. The summed E-state index contributed by atoms with van der Waals surface area (Å²) in [5.41, 5.74) is 0.873. The molecule has 0 aromatic heterocycles. The molecule has 1 aromatic rings. The average molecular weight is 515 g/mol. The molecule has 1 rings (SSSR count). The van der Waals surface area contributed by atoms with Gasteiger partial charge in [0, 0.05) is 18.8 Å². The average Bonchev–Trinajstić information content (AvgIpc) is 2.64. The van der Waals surface area contributed by atoms with Crippen molar-refractivity contribution in [3.63, 3.8) is 0 Å². The quantitative estimate of drug-likeness (QED) is 0.279. The number of aliphatic imine (C=N–C) groups is 1. The Morgan fingerprint density at radius 3 is 2.07 bits per heavy atom. The molecule has 27 heavy (non-hydrogen) atoms. The van der Waals surface area contributed by atoms with Crippen molar-refractivity contribution in [2.24, 2.45) is 4.99 Å². The highest BCUT2D eigenvalue weighted by molar-refractivity contribution is 14.0. The highest BCUT2D eigenvalue weighted by Crippen LogP contribution is 2.38. The molecular weight excluding hydrogens is 485 g/mol. The first-order chi connectivity index (χ1) is 12.4. The monoisotopic (exact) mass is 515 g/mol. The largest absolute Gasteiger partial charge is 0.493 e. The molecule has 0 aliphatic carbocycles. The maximum Gasteiger partial charge on any atom is 0.203 e. The van der Waals surface area contributed by atoms with Gasteiger partial charge in [-0.2, -0.15) is 0 Å². The summed E-state index contributed by atoms with van der Waals surface area (Å²) in [4.78, 5) is 4.48. The molecule has 0 bridgehead atoms. The van der Waals surface area contributed by atoms with Crippen LogP contribution in [0.2, 0.25) is 0 Å². The maximum atomic E-state index is 11.6. The van der Waals surface area contributed by atoms with Gasteiger partial charge in [-0.3, -0.25) is 0 Å². The number of nitrogens with one attached hydrogen (secondary N) is 2. The molecule has 2 N–H and O–H groups in total. The van der Waals surface area contributed by atoms with Crippen molar-refractivity contribution in [2.45, 2.75) is 20.4 Å². The van der Waals surface area contributed by atoms with Crippen LogP contribution in [0.5, 0.6) is 17.2 Å². The summed E-state index contributed by atoms with van der Waals surface area (Å²) >= 11 is 0. The number of hydrogen-bond donors (Lipinski definition) is 2. The lowest BCUT2D eigenvalue weighted by Gasteiger charge is -2.14. The van der Waals surface area contributed by atoms with Gasteiger partial charge in [-0.1, -0.05) is 6.92 Å². The molecule has 0 amide bonds. The van der Waals surface area contributed by atoms with E-state index in [2.05, 4.69) is 15.6 Å². The van der Waals surface area contributed by atoms with Crippen LogP contribution in [0.25, 0.3) is 0 Å². The fourth-order valence-electron chi connectivity index (χ4n) is 2.21. The Hall–Kier alpha value is -1.43. The Morgan fingerprint density at radius 1 is 1.04 bits per heavy atom. The minimum absolute atomic E-state index is 0. The van der Waals surface area contributed by atoms with Gasteiger partial charge in [-0.05, 0) is 24.6 Å². The van der Waals surface area contributed by atoms with Gasteiger partial charge in [0.1, 0.15) is 0 Å². The van der Waals surface area contributed by atoms with Crippen molar-refractivity contribution in [3.05, 3.63) is 17.7 Å². The fraction of sp³-hybridized carbons (Fsp3) is 0.588. The zero-order chi connectivity index (χ0) is 19.6. The highest BCUT2D eigenvalue weighted by Gasteiger charge is 2.13. The molecular formula is C17H30IN3O5S. The molecule has 0 fully saturated rings. The molecule has 0 saturated heterocycles. The summed E-state index contributed by atoms with van der Waals surface area (Å²) in [5.74, 6) is 2.39. The first kappa shape index (κ1) is 25.6. The van der Waals surface area contributed by atoms with Crippen LogP contribution in [0.3, 0.4) is 0 Å². The molecule has 0 radical (unpaired) electrons. The molecule has 0 spiro atoms. The molecule has 0 unspecified atom stereocenters. The van der Waals surface area contributed by atoms with Crippen molar-refractivity contribution in [3.8, 4) is 17.2 Å². The molecule has 0 aliphatic heterocycles. The van der Waals surface area contributed by atoms with E-state index in [1.165, 1.54) is 0 Å². The number of halogens is 1. The molecule has 0 atom stereocenters. The Kier molecular flexibility index (Phi) is 12.2. The minimum atomic E-state index is -3.02. The van der Waals surface area contributed by atoms with Gasteiger partial charge in [0.25, 0.3) is 0 Å². The molecule has 0 saturated carbocycles. The third-order valence-electron chi connectivity index (χ3n) is 3.63. The van der Waals surface area contributed by atoms with Crippen LogP contribution in [-0.4, -0.2) is 60.3 Å². The predicted molar refractivity (Wildman–Crippen MR) is 119 cm³/mol. The second kappa shape index (κ2) is 12.9. The van der Waals surface area contributed by atoms with E-state index in [4.69, 9.17) is 14.2 Å². The van der Waals surface area contributed by atoms with Crippen LogP contribution in [0.1, 0.15) is 19.4 Å². The molecule has 0 aliphatic rings. The van der Waals surface area contributed by atoms with Crippen LogP contribution in [0.15, 0.2) is 17.1 Å². The van der Waals surface area contributed by atoms with E-state index in [0.717, 1.165) is 5.56 Å². The molecule has 10 heteroatoms. The highest BCUT2D eigenvalue weighted by atomic mass is 127. The van der Waals surface area contributed by atoms with Crippen molar-refractivity contribution in [1.82, 2.24) is 10.6 Å². The van der Waals surface area contributed by atoms with Crippen molar-refractivity contribution >= 4 is 39.8 Å². The van der Waals surface area contributed by atoms with Gasteiger partial charge < -0.3 is 24.8 Å². The summed E-state index contributed by atoms with van der Waals surface area (Å²) in [7, 11) is 1.66. The first-order valence-electron chi connectivity index (χ1n) is 8.42. The lowest BCUT2D eigenvalue weighted by molar-refractivity contribution is 0.324. The van der Waals surface area contributed by atoms with E-state index in [0.29, 0.717) is 42.8 Å². The number of benzene rings is 1. The van der Waals surface area contributed by atoms with Gasteiger partial charge in [0.2, 0.25) is 5.75 Å². The Balaban J connectivity index is 0.00000676. The summed E-state index contributed by atoms with van der Waals surface area (Å²) < 4.78 is 39.1. The SMILES string of the molecule is CCNC(=NCc1cc(OC)c(OC)c(OC)c1)NCCS(=O)(=O)CC.I. The number of nitrogens with zero attached hydrogens (tertiary/aromatic N) is 1. The van der Waals surface area contributed by atoms with Gasteiger partial charge >= 0.3 is 0 Å². The second-order valence-corrected chi connectivity index (χ2v) is 7.86. The lowest BCUT2D eigenvalue weighted by atomic mass is 10.2. The third kappa shape index (κ3) is 8.41. The van der Waals surface area contributed by atoms with E-state index in [1.54, 1.807) is 28.3 Å². The van der Waals surface area contributed by atoms with Gasteiger partial charge in [0.05, 0.1) is 33.6 Å². The Morgan fingerprint density at radius 2 is 1.63 bits per heavy atom. The zero-order valence-electron chi connectivity index (χ0n) is 16.5. The normalized spacial score (nSPS) is 11.4. The van der Waals surface area contributed by atoms with Gasteiger partial charge in [0.15, 0.2) is 27.3 Å². The van der Waals surface area contributed by atoms with Crippen LogP contribution in [0.4, 0.5) is 0 Å². The van der Waals surface area contributed by atoms with Gasteiger partial charge in [-0.25, -0.2) is 13.4 Å². The molecule has 8 nitrogen and oxygen atoms in total. The number of hydrogen-bond acceptors (Lipinski definition) is 6. The molecule has 156 valence electrons. The molecule has 1 aromatic carbocycles. The number of methoxy groups -OCH3 is 3. The Bertz CT molecular complexity index is 686. The number of rotatable bonds is 10. The minimum Gasteiger partial charge on any atom is -0.493 e. The van der Waals surface area contributed by atoms with Crippen molar-refractivity contribution in [1.29, 1.82) is 0 Å². The van der Waals surface area contributed by atoms with Gasteiger partial charge in [-0.15, -0.1) is 24.0 Å². The van der Waals surface area contributed by atoms with Crippen LogP contribution < -0.4 is 24.8 Å². The van der Waals surface area contributed by atoms with Crippen LogP contribution in [-0.2, 0) is 16.4 Å². The second-order valence-electron chi connectivity index (χ2n) is 5.39. The predicted octanol–water partition coefficient (Wildman–Crippen LogP) is 1.82.